The van der Waals surface area contributed by atoms with Gasteiger partial charge in [-0.1, -0.05) is 6.07 Å². The van der Waals surface area contributed by atoms with Crippen LogP contribution in [0.4, 0.5) is 11.4 Å². The summed E-state index contributed by atoms with van der Waals surface area (Å²) < 4.78 is 0. The van der Waals surface area contributed by atoms with Crippen LogP contribution in [0.25, 0.3) is 0 Å². The maximum Gasteiger partial charge on any atom is 0.0601 e. The van der Waals surface area contributed by atoms with E-state index in [1.807, 2.05) is 30.0 Å². The van der Waals surface area contributed by atoms with E-state index in [0.29, 0.717) is 5.25 Å². The van der Waals surface area contributed by atoms with Crippen LogP contribution >= 0.6 is 11.8 Å². The summed E-state index contributed by atoms with van der Waals surface area (Å²) in [5.41, 5.74) is 15.8. The van der Waals surface area contributed by atoms with Crippen LogP contribution in [-0.2, 0) is 0 Å². The molecule has 0 bridgehead atoms. The SMILES string of the molecule is Nc1ccc(SC2c3ccc(N)cc32)cc1. The van der Waals surface area contributed by atoms with Gasteiger partial charge in [0.1, 0.15) is 0 Å². The van der Waals surface area contributed by atoms with Gasteiger partial charge < -0.3 is 11.5 Å². The quantitative estimate of drug-likeness (QED) is 0.777. The maximum absolute atomic E-state index is 5.74. The van der Waals surface area contributed by atoms with Gasteiger partial charge in [0.2, 0.25) is 0 Å². The summed E-state index contributed by atoms with van der Waals surface area (Å²) in [6.07, 6.45) is 0. The van der Waals surface area contributed by atoms with Crippen molar-refractivity contribution in [1.29, 1.82) is 0 Å². The molecule has 0 saturated heterocycles. The van der Waals surface area contributed by atoms with E-state index < -0.39 is 0 Å². The minimum atomic E-state index is 0.487. The molecular formula is C13H12N2S. The lowest BCUT2D eigenvalue weighted by atomic mass is 10.3. The molecule has 0 saturated carbocycles. The first-order chi connectivity index (χ1) is 7.74. The summed E-state index contributed by atoms with van der Waals surface area (Å²) in [4.78, 5) is 1.24. The van der Waals surface area contributed by atoms with Crippen molar-refractivity contribution >= 4 is 23.1 Å². The number of nitrogen functional groups attached to an aromatic ring is 2. The van der Waals surface area contributed by atoms with Gasteiger partial charge in [-0.05, 0) is 47.5 Å². The van der Waals surface area contributed by atoms with Crippen LogP contribution in [0.1, 0.15) is 16.4 Å². The van der Waals surface area contributed by atoms with E-state index >= 15 is 0 Å². The first-order valence-corrected chi connectivity index (χ1v) is 6.03. The molecule has 16 heavy (non-hydrogen) atoms. The van der Waals surface area contributed by atoms with Crippen LogP contribution < -0.4 is 11.5 Å². The molecule has 2 nitrogen and oxygen atoms in total. The average Bonchev–Trinajstić information content (AvgIpc) is 2.94. The Bertz CT molecular complexity index is 534. The van der Waals surface area contributed by atoms with Gasteiger partial charge in [0, 0.05) is 16.3 Å². The molecule has 80 valence electrons. The zero-order valence-electron chi connectivity index (χ0n) is 8.68. The largest absolute Gasteiger partial charge is 0.399 e. The number of thioether (sulfide) groups is 1. The first-order valence-electron chi connectivity index (χ1n) is 5.15. The number of hydrogen-bond donors (Lipinski definition) is 2. The molecule has 1 unspecified atom stereocenters. The van der Waals surface area contributed by atoms with E-state index in [4.69, 9.17) is 11.5 Å². The highest BCUT2D eigenvalue weighted by atomic mass is 32.2. The molecule has 1 aliphatic carbocycles. The molecule has 0 spiro atoms. The molecular weight excluding hydrogens is 216 g/mol. The second kappa shape index (κ2) is 3.46. The van der Waals surface area contributed by atoms with Gasteiger partial charge in [0.05, 0.1) is 5.25 Å². The van der Waals surface area contributed by atoms with Crippen molar-refractivity contribution in [2.75, 3.05) is 11.5 Å². The summed E-state index contributed by atoms with van der Waals surface area (Å²) in [6, 6.07) is 14.1. The predicted molar refractivity (Wildman–Crippen MR) is 69.4 cm³/mol. The Balaban J connectivity index is 1.77. The van der Waals surface area contributed by atoms with Crippen LogP contribution in [0, 0.1) is 0 Å². The van der Waals surface area contributed by atoms with Gasteiger partial charge in [0.25, 0.3) is 0 Å². The van der Waals surface area contributed by atoms with Gasteiger partial charge in [-0.15, -0.1) is 11.8 Å². The number of rotatable bonds is 2. The monoisotopic (exact) mass is 228 g/mol. The Hall–Kier alpha value is -1.61. The van der Waals surface area contributed by atoms with Crippen molar-refractivity contribution in [3.05, 3.63) is 53.6 Å². The van der Waals surface area contributed by atoms with Crippen LogP contribution in [-0.4, -0.2) is 0 Å². The Kier molecular flexibility index (Phi) is 2.07. The topological polar surface area (TPSA) is 52.0 Å². The highest BCUT2D eigenvalue weighted by molar-refractivity contribution is 8.00. The molecule has 1 atom stereocenters. The minimum Gasteiger partial charge on any atom is -0.399 e. The predicted octanol–water partition coefficient (Wildman–Crippen LogP) is 3.05. The molecule has 0 radical (unpaired) electrons. The number of nitrogens with two attached hydrogens (primary N) is 2. The fourth-order valence-corrected chi connectivity index (χ4v) is 2.97. The fraction of sp³-hybridized carbons (Fsp3) is 0.0769. The second-order valence-corrected chi connectivity index (χ2v) is 5.13. The Morgan fingerprint density at radius 3 is 2.19 bits per heavy atom. The van der Waals surface area contributed by atoms with Crippen molar-refractivity contribution in [2.45, 2.75) is 10.1 Å². The third-order valence-corrected chi connectivity index (χ3v) is 4.01. The summed E-state index contributed by atoms with van der Waals surface area (Å²) in [5, 5.41) is 0.487. The standard InChI is InChI=1S/C13H12N2S/c14-8-1-4-10(5-2-8)16-13-11-6-3-9(15)7-12(11)13/h1-7,13H,14-15H2. The van der Waals surface area contributed by atoms with Crippen LogP contribution in [0.2, 0.25) is 0 Å². The number of hydrogen-bond acceptors (Lipinski definition) is 3. The summed E-state index contributed by atoms with van der Waals surface area (Å²) in [7, 11) is 0. The van der Waals surface area contributed by atoms with Crippen LogP contribution in [0.15, 0.2) is 47.4 Å². The van der Waals surface area contributed by atoms with Crippen molar-refractivity contribution in [3.8, 4) is 0 Å². The zero-order valence-corrected chi connectivity index (χ0v) is 9.50. The molecule has 2 aromatic carbocycles. The zero-order chi connectivity index (χ0) is 11.1. The van der Waals surface area contributed by atoms with Gasteiger partial charge in [-0.2, -0.15) is 0 Å². The number of fused-ring (bicyclic) bond motifs is 1. The number of benzene rings is 2. The lowest BCUT2D eigenvalue weighted by Crippen LogP contribution is -1.82. The van der Waals surface area contributed by atoms with Crippen molar-refractivity contribution in [1.82, 2.24) is 0 Å². The third-order valence-electron chi connectivity index (χ3n) is 2.73. The molecule has 0 aromatic heterocycles. The second-order valence-electron chi connectivity index (χ2n) is 3.96. The van der Waals surface area contributed by atoms with Crippen molar-refractivity contribution < 1.29 is 0 Å². The highest BCUT2D eigenvalue weighted by Gasteiger charge is 2.33. The van der Waals surface area contributed by atoms with Gasteiger partial charge in [-0.3, -0.25) is 0 Å². The average molecular weight is 228 g/mol. The summed E-state index contributed by atoms with van der Waals surface area (Å²) in [5.74, 6) is 0. The smallest absolute Gasteiger partial charge is 0.0601 e. The maximum atomic E-state index is 5.74. The molecule has 0 aliphatic heterocycles. The first kappa shape index (κ1) is 9.60. The molecule has 2 aromatic rings. The molecule has 0 fully saturated rings. The molecule has 0 heterocycles. The lowest BCUT2D eigenvalue weighted by molar-refractivity contribution is 1.42. The molecule has 4 N–H and O–H groups in total. The van der Waals surface area contributed by atoms with Crippen molar-refractivity contribution in [2.24, 2.45) is 0 Å². The Labute approximate surface area is 98.7 Å². The van der Waals surface area contributed by atoms with E-state index in [1.54, 1.807) is 0 Å². The van der Waals surface area contributed by atoms with Crippen LogP contribution in [0.5, 0.6) is 0 Å². The molecule has 0 amide bonds. The van der Waals surface area contributed by atoms with Gasteiger partial charge >= 0.3 is 0 Å². The van der Waals surface area contributed by atoms with E-state index in [0.717, 1.165) is 11.4 Å². The van der Waals surface area contributed by atoms with Crippen molar-refractivity contribution in [3.63, 3.8) is 0 Å². The molecule has 3 heteroatoms. The Morgan fingerprint density at radius 2 is 1.50 bits per heavy atom. The van der Waals surface area contributed by atoms with Gasteiger partial charge in [-0.25, -0.2) is 0 Å². The van der Waals surface area contributed by atoms with Gasteiger partial charge in [0.15, 0.2) is 0 Å². The molecule has 1 aliphatic rings. The minimum absolute atomic E-state index is 0.487. The van der Waals surface area contributed by atoms with Crippen LogP contribution in [0.3, 0.4) is 0 Å². The third kappa shape index (κ3) is 1.63. The van der Waals surface area contributed by atoms with E-state index in [9.17, 15) is 0 Å². The Morgan fingerprint density at radius 1 is 0.812 bits per heavy atom. The fourth-order valence-electron chi connectivity index (χ4n) is 1.80. The number of anilines is 2. The molecule has 3 rings (SSSR count). The highest BCUT2D eigenvalue weighted by Crippen LogP contribution is 2.54. The van der Waals surface area contributed by atoms with E-state index in [-0.39, 0.29) is 0 Å². The lowest BCUT2D eigenvalue weighted by Gasteiger charge is -1.99. The van der Waals surface area contributed by atoms with E-state index in [2.05, 4.69) is 24.3 Å². The normalized spacial score (nSPS) is 16.9. The van der Waals surface area contributed by atoms with E-state index in [1.165, 1.54) is 16.0 Å². The summed E-state index contributed by atoms with van der Waals surface area (Å²) in [6.45, 7) is 0. The summed E-state index contributed by atoms with van der Waals surface area (Å²) >= 11 is 1.84.